The van der Waals surface area contributed by atoms with Gasteiger partial charge in [-0.3, -0.25) is 0 Å². The van der Waals surface area contributed by atoms with E-state index in [1.165, 1.54) is 0 Å². The Morgan fingerprint density at radius 1 is 1.12 bits per heavy atom. The van der Waals surface area contributed by atoms with E-state index in [0.717, 1.165) is 22.2 Å². The number of aryl methyl sites for hydroxylation is 1. The fraction of sp³-hybridized carbons (Fsp3) is 0.167. The van der Waals surface area contributed by atoms with Gasteiger partial charge >= 0.3 is 0 Å². The van der Waals surface area contributed by atoms with Crippen LogP contribution in [0.5, 0.6) is 5.88 Å². The van der Waals surface area contributed by atoms with Crippen molar-refractivity contribution in [3.05, 3.63) is 47.2 Å². The van der Waals surface area contributed by atoms with Gasteiger partial charge in [-0.1, -0.05) is 30.3 Å². The average molecular weight is 340 g/mol. The predicted octanol–water partition coefficient (Wildman–Crippen LogP) is 4.80. The Bertz CT molecular complexity index is 1040. The zero-order valence-electron chi connectivity index (χ0n) is 13.2. The van der Waals surface area contributed by atoms with Gasteiger partial charge in [0.25, 0.3) is 5.88 Å². The summed E-state index contributed by atoms with van der Waals surface area (Å²) in [4.78, 5) is 13.1. The van der Waals surface area contributed by atoms with Gasteiger partial charge in [-0.15, -0.1) is 0 Å². The number of hydrogen-bond acceptors (Lipinski definition) is 5. The maximum Gasteiger partial charge on any atom is 0.262 e. The highest BCUT2D eigenvalue weighted by molar-refractivity contribution is 6.29. The lowest BCUT2D eigenvalue weighted by Gasteiger charge is -2.03. The van der Waals surface area contributed by atoms with Gasteiger partial charge in [0.2, 0.25) is 16.6 Å². The summed E-state index contributed by atoms with van der Waals surface area (Å²) in [6, 6.07) is 12.0. The van der Waals surface area contributed by atoms with Gasteiger partial charge in [-0.05, 0) is 37.1 Å². The summed E-state index contributed by atoms with van der Waals surface area (Å²) in [7, 11) is 0. The zero-order valence-corrected chi connectivity index (χ0v) is 14.0. The van der Waals surface area contributed by atoms with E-state index in [1.54, 1.807) is 0 Å². The topological polar surface area (TPSA) is 61.0 Å². The Hall–Kier alpha value is -2.66. The maximum atomic E-state index is 6.03. The van der Waals surface area contributed by atoms with Crippen molar-refractivity contribution in [1.29, 1.82) is 0 Å². The first-order valence-corrected chi connectivity index (χ1v) is 8.00. The molecule has 0 aliphatic rings. The molecule has 1 aromatic carbocycles. The number of fused-ring (bicyclic) bond motifs is 3. The minimum Gasteiger partial charge on any atom is -0.475 e. The third kappa shape index (κ3) is 2.37. The molecular weight excluding hydrogens is 326 g/mol. The van der Waals surface area contributed by atoms with Crippen molar-refractivity contribution in [1.82, 2.24) is 15.0 Å². The van der Waals surface area contributed by atoms with E-state index in [-0.39, 0.29) is 5.28 Å². The molecule has 6 heteroatoms. The molecule has 0 radical (unpaired) electrons. The van der Waals surface area contributed by atoms with E-state index in [4.69, 9.17) is 20.8 Å². The second kappa shape index (κ2) is 5.76. The van der Waals surface area contributed by atoms with Crippen LogP contribution in [-0.4, -0.2) is 21.6 Å². The van der Waals surface area contributed by atoms with Crippen LogP contribution in [0.4, 0.5) is 0 Å². The van der Waals surface area contributed by atoms with Gasteiger partial charge in [-0.2, -0.15) is 4.98 Å². The summed E-state index contributed by atoms with van der Waals surface area (Å²) < 4.78 is 11.4. The van der Waals surface area contributed by atoms with Crippen LogP contribution in [0.2, 0.25) is 5.28 Å². The average Bonchev–Trinajstić information content (AvgIpc) is 2.95. The molecule has 4 rings (SSSR count). The number of aromatic nitrogens is 3. The Kier molecular flexibility index (Phi) is 3.58. The van der Waals surface area contributed by atoms with Crippen molar-refractivity contribution in [2.45, 2.75) is 13.8 Å². The number of rotatable bonds is 3. The molecule has 120 valence electrons. The first-order chi connectivity index (χ1) is 11.7. The molecule has 0 N–H and O–H groups in total. The van der Waals surface area contributed by atoms with Crippen LogP contribution < -0.4 is 4.74 Å². The van der Waals surface area contributed by atoms with Gasteiger partial charge in [-0.25, -0.2) is 9.97 Å². The second-order valence-corrected chi connectivity index (χ2v) is 5.72. The molecule has 0 fully saturated rings. The number of pyridine rings is 1. The molecule has 0 saturated carbocycles. The van der Waals surface area contributed by atoms with E-state index in [2.05, 4.69) is 15.0 Å². The van der Waals surface area contributed by atoms with Gasteiger partial charge in [0, 0.05) is 5.56 Å². The SMILES string of the molecule is CCOc1nc(Cl)nc2c1oc1nc(-c3ccccc3)cc(C)c12. The lowest BCUT2D eigenvalue weighted by Crippen LogP contribution is -1.96. The van der Waals surface area contributed by atoms with Crippen molar-refractivity contribution < 1.29 is 9.15 Å². The quantitative estimate of drug-likeness (QED) is 0.502. The predicted molar refractivity (Wildman–Crippen MR) is 93.5 cm³/mol. The molecular formula is C18H14ClN3O2. The highest BCUT2D eigenvalue weighted by Gasteiger charge is 2.19. The number of hydrogen-bond donors (Lipinski definition) is 0. The maximum absolute atomic E-state index is 6.03. The molecule has 0 unspecified atom stereocenters. The second-order valence-electron chi connectivity index (χ2n) is 5.38. The molecule has 0 saturated heterocycles. The summed E-state index contributed by atoms with van der Waals surface area (Å²) in [6.45, 7) is 4.34. The van der Waals surface area contributed by atoms with Crippen molar-refractivity contribution in [2.24, 2.45) is 0 Å². The lowest BCUT2D eigenvalue weighted by atomic mass is 10.1. The van der Waals surface area contributed by atoms with Crippen LogP contribution in [0.25, 0.3) is 33.5 Å². The number of halogens is 1. The Morgan fingerprint density at radius 3 is 2.67 bits per heavy atom. The normalized spacial score (nSPS) is 11.3. The van der Waals surface area contributed by atoms with Crippen molar-refractivity contribution in [3.63, 3.8) is 0 Å². The van der Waals surface area contributed by atoms with Crippen LogP contribution in [0.1, 0.15) is 12.5 Å². The van der Waals surface area contributed by atoms with Crippen LogP contribution in [0.3, 0.4) is 0 Å². The molecule has 0 spiro atoms. The number of nitrogens with zero attached hydrogens (tertiary/aromatic N) is 3. The molecule has 0 atom stereocenters. The minimum atomic E-state index is 0.125. The Labute approximate surface area is 143 Å². The first kappa shape index (κ1) is 14.9. The summed E-state index contributed by atoms with van der Waals surface area (Å²) in [5.74, 6) is 0.339. The monoisotopic (exact) mass is 339 g/mol. The van der Waals surface area contributed by atoms with E-state index in [9.17, 15) is 0 Å². The number of furan rings is 1. The van der Waals surface area contributed by atoms with Gasteiger partial charge in [0.05, 0.1) is 17.7 Å². The molecule has 0 bridgehead atoms. The van der Waals surface area contributed by atoms with Crippen LogP contribution >= 0.6 is 11.6 Å². The summed E-state index contributed by atoms with van der Waals surface area (Å²) in [5.41, 5.74) is 4.47. The lowest BCUT2D eigenvalue weighted by molar-refractivity contribution is 0.325. The van der Waals surface area contributed by atoms with Crippen LogP contribution in [0.15, 0.2) is 40.8 Å². The third-order valence-electron chi connectivity index (χ3n) is 3.78. The molecule has 0 aliphatic heterocycles. The highest BCUT2D eigenvalue weighted by atomic mass is 35.5. The van der Waals surface area contributed by atoms with Crippen molar-refractivity contribution in [2.75, 3.05) is 6.61 Å². The molecule has 5 nitrogen and oxygen atoms in total. The Morgan fingerprint density at radius 2 is 1.92 bits per heavy atom. The van der Waals surface area contributed by atoms with Gasteiger partial charge in [0.1, 0.15) is 5.52 Å². The Balaban J connectivity index is 2.02. The van der Waals surface area contributed by atoms with E-state index < -0.39 is 0 Å². The molecule has 3 aromatic heterocycles. The summed E-state index contributed by atoms with van der Waals surface area (Å²) in [6.07, 6.45) is 0. The number of benzene rings is 1. The van der Waals surface area contributed by atoms with E-state index >= 15 is 0 Å². The standard InChI is InChI=1S/C18H14ClN3O2/c1-3-23-17-15-14(21-18(19)22-17)13-10(2)9-12(20-16(13)24-15)11-7-5-4-6-8-11/h4-9H,3H2,1-2H3. The van der Waals surface area contributed by atoms with E-state index in [0.29, 0.717) is 29.3 Å². The molecule has 4 aromatic rings. The van der Waals surface area contributed by atoms with Crippen LogP contribution in [-0.2, 0) is 0 Å². The van der Waals surface area contributed by atoms with E-state index in [1.807, 2.05) is 50.2 Å². The first-order valence-electron chi connectivity index (χ1n) is 7.63. The van der Waals surface area contributed by atoms with Crippen LogP contribution in [0, 0.1) is 6.92 Å². The van der Waals surface area contributed by atoms with Crippen molar-refractivity contribution >= 4 is 33.8 Å². The van der Waals surface area contributed by atoms with Gasteiger partial charge < -0.3 is 9.15 Å². The highest BCUT2D eigenvalue weighted by Crippen LogP contribution is 2.35. The number of ether oxygens (including phenoxy) is 1. The molecule has 0 amide bonds. The van der Waals surface area contributed by atoms with Gasteiger partial charge in [0.15, 0.2) is 0 Å². The molecule has 3 heterocycles. The summed E-state index contributed by atoms with van der Waals surface area (Å²) >= 11 is 6.03. The fourth-order valence-corrected chi connectivity index (χ4v) is 2.92. The smallest absolute Gasteiger partial charge is 0.262 e. The van der Waals surface area contributed by atoms with Crippen molar-refractivity contribution in [3.8, 4) is 17.1 Å². The zero-order chi connectivity index (χ0) is 16.7. The summed E-state index contributed by atoms with van der Waals surface area (Å²) in [5, 5.41) is 0.954. The molecule has 24 heavy (non-hydrogen) atoms. The largest absolute Gasteiger partial charge is 0.475 e. The molecule has 0 aliphatic carbocycles. The third-order valence-corrected chi connectivity index (χ3v) is 3.95. The fourth-order valence-electron chi connectivity index (χ4n) is 2.76. The minimum absolute atomic E-state index is 0.125.